The highest BCUT2D eigenvalue weighted by molar-refractivity contribution is 4.81. The van der Waals surface area contributed by atoms with E-state index in [4.69, 9.17) is 5.11 Å². The number of piperidine rings is 1. The summed E-state index contributed by atoms with van der Waals surface area (Å²) in [6.45, 7) is 6.02. The maximum absolute atomic E-state index is 8.99. The van der Waals surface area contributed by atoms with E-state index in [9.17, 15) is 0 Å². The SMILES string of the molecule is CC(C)C(CCO)C1CCCCN1. The lowest BCUT2D eigenvalue weighted by molar-refractivity contribution is 0.177. The van der Waals surface area contributed by atoms with Crippen LogP contribution < -0.4 is 5.32 Å². The maximum atomic E-state index is 8.99. The molecule has 13 heavy (non-hydrogen) atoms. The van der Waals surface area contributed by atoms with Crippen molar-refractivity contribution in [2.24, 2.45) is 11.8 Å². The first-order chi connectivity index (χ1) is 6.25. The molecule has 2 atom stereocenters. The largest absolute Gasteiger partial charge is 0.396 e. The van der Waals surface area contributed by atoms with Crippen molar-refractivity contribution in [3.05, 3.63) is 0 Å². The fourth-order valence-corrected chi connectivity index (χ4v) is 2.39. The van der Waals surface area contributed by atoms with E-state index in [-0.39, 0.29) is 0 Å². The number of rotatable bonds is 4. The zero-order valence-electron chi connectivity index (χ0n) is 8.92. The minimum absolute atomic E-state index is 0.334. The molecule has 1 aliphatic rings. The van der Waals surface area contributed by atoms with Crippen molar-refractivity contribution in [1.29, 1.82) is 0 Å². The second-order valence-corrected chi connectivity index (χ2v) is 4.48. The Morgan fingerprint density at radius 1 is 1.38 bits per heavy atom. The van der Waals surface area contributed by atoms with Crippen LogP contribution in [0.3, 0.4) is 0 Å². The smallest absolute Gasteiger partial charge is 0.0434 e. The number of aliphatic hydroxyl groups excluding tert-OH is 1. The standard InChI is InChI=1S/C11H23NO/c1-9(2)10(6-8-13)11-5-3-4-7-12-11/h9-13H,3-8H2,1-2H3. The summed E-state index contributed by atoms with van der Waals surface area (Å²) in [6, 6.07) is 0.654. The predicted molar refractivity (Wildman–Crippen MR) is 55.7 cm³/mol. The van der Waals surface area contributed by atoms with Gasteiger partial charge in [0, 0.05) is 12.6 Å². The minimum Gasteiger partial charge on any atom is -0.396 e. The topological polar surface area (TPSA) is 32.3 Å². The van der Waals surface area contributed by atoms with Gasteiger partial charge in [-0.3, -0.25) is 0 Å². The van der Waals surface area contributed by atoms with Gasteiger partial charge in [0.25, 0.3) is 0 Å². The Morgan fingerprint density at radius 3 is 2.62 bits per heavy atom. The second-order valence-electron chi connectivity index (χ2n) is 4.48. The third-order valence-electron chi connectivity index (χ3n) is 3.18. The lowest BCUT2D eigenvalue weighted by atomic mass is 9.82. The summed E-state index contributed by atoms with van der Waals surface area (Å²) >= 11 is 0. The molecule has 0 aliphatic carbocycles. The highest BCUT2D eigenvalue weighted by Crippen LogP contribution is 2.24. The summed E-state index contributed by atoms with van der Waals surface area (Å²) < 4.78 is 0. The average Bonchev–Trinajstić information content (AvgIpc) is 2.15. The summed E-state index contributed by atoms with van der Waals surface area (Å²) in [6.07, 6.45) is 4.92. The zero-order chi connectivity index (χ0) is 9.68. The van der Waals surface area contributed by atoms with Crippen LogP contribution in [-0.4, -0.2) is 24.3 Å². The van der Waals surface area contributed by atoms with Gasteiger partial charge in [-0.05, 0) is 37.6 Å². The Labute approximate surface area is 81.7 Å². The van der Waals surface area contributed by atoms with Crippen LogP contribution in [0.1, 0.15) is 39.5 Å². The fraction of sp³-hybridized carbons (Fsp3) is 1.00. The highest BCUT2D eigenvalue weighted by atomic mass is 16.3. The molecule has 2 N–H and O–H groups in total. The van der Waals surface area contributed by atoms with E-state index in [1.54, 1.807) is 0 Å². The quantitative estimate of drug-likeness (QED) is 0.700. The van der Waals surface area contributed by atoms with Crippen LogP contribution in [0.5, 0.6) is 0 Å². The number of hydrogen-bond acceptors (Lipinski definition) is 2. The molecule has 0 saturated carbocycles. The van der Waals surface area contributed by atoms with Gasteiger partial charge in [0.15, 0.2) is 0 Å². The van der Waals surface area contributed by atoms with E-state index >= 15 is 0 Å². The molecule has 0 radical (unpaired) electrons. The second kappa shape index (κ2) is 5.61. The first kappa shape index (κ1) is 11.0. The molecule has 2 unspecified atom stereocenters. The molecule has 1 aliphatic heterocycles. The Kier molecular flexibility index (Phi) is 4.74. The van der Waals surface area contributed by atoms with Crippen molar-refractivity contribution < 1.29 is 5.11 Å². The van der Waals surface area contributed by atoms with Crippen LogP contribution in [0.4, 0.5) is 0 Å². The molecule has 0 aromatic rings. The Balaban J connectivity index is 2.41. The molecule has 0 aromatic heterocycles. The van der Waals surface area contributed by atoms with Crippen molar-refractivity contribution in [3.63, 3.8) is 0 Å². The van der Waals surface area contributed by atoms with Crippen LogP contribution in [-0.2, 0) is 0 Å². The van der Waals surface area contributed by atoms with E-state index in [1.807, 2.05) is 0 Å². The first-order valence-electron chi connectivity index (χ1n) is 5.60. The van der Waals surface area contributed by atoms with Crippen molar-refractivity contribution >= 4 is 0 Å². The molecular weight excluding hydrogens is 162 g/mol. The van der Waals surface area contributed by atoms with Crippen LogP contribution in [0.25, 0.3) is 0 Å². The number of aliphatic hydroxyl groups is 1. The van der Waals surface area contributed by atoms with Gasteiger partial charge >= 0.3 is 0 Å². The molecule has 78 valence electrons. The molecule has 1 fully saturated rings. The third-order valence-corrected chi connectivity index (χ3v) is 3.18. The van der Waals surface area contributed by atoms with Crippen molar-refractivity contribution in [2.75, 3.05) is 13.2 Å². The van der Waals surface area contributed by atoms with Crippen LogP contribution in [0.2, 0.25) is 0 Å². The van der Waals surface area contributed by atoms with Gasteiger partial charge in [0.05, 0.1) is 0 Å². The number of hydrogen-bond donors (Lipinski definition) is 2. The lowest BCUT2D eigenvalue weighted by Gasteiger charge is -2.33. The minimum atomic E-state index is 0.334. The average molecular weight is 185 g/mol. The van der Waals surface area contributed by atoms with Crippen molar-refractivity contribution in [2.45, 2.75) is 45.6 Å². The van der Waals surface area contributed by atoms with E-state index in [2.05, 4.69) is 19.2 Å². The fourth-order valence-electron chi connectivity index (χ4n) is 2.39. The van der Waals surface area contributed by atoms with Gasteiger partial charge in [-0.25, -0.2) is 0 Å². The molecule has 1 saturated heterocycles. The highest BCUT2D eigenvalue weighted by Gasteiger charge is 2.24. The normalized spacial score (nSPS) is 26.3. The van der Waals surface area contributed by atoms with Gasteiger partial charge in [-0.1, -0.05) is 20.3 Å². The third kappa shape index (κ3) is 3.28. The Hall–Kier alpha value is -0.0800. The van der Waals surface area contributed by atoms with Crippen LogP contribution >= 0.6 is 0 Å². The van der Waals surface area contributed by atoms with E-state index in [0.29, 0.717) is 24.5 Å². The molecule has 2 heteroatoms. The molecule has 0 aromatic carbocycles. The Morgan fingerprint density at radius 2 is 2.15 bits per heavy atom. The molecule has 2 nitrogen and oxygen atoms in total. The van der Waals surface area contributed by atoms with Gasteiger partial charge in [-0.2, -0.15) is 0 Å². The molecular formula is C11H23NO. The Bertz CT molecular complexity index is 130. The molecule has 0 bridgehead atoms. The van der Waals surface area contributed by atoms with Gasteiger partial charge in [0.2, 0.25) is 0 Å². The summed E-state index contributed by atoms with van der Waals surface area (Å²) in [5.41, 5.74) is 0. The van der Waals surface area contributed by atoms with E-state index < -0.39 is 0 Å². The summed E-state index contributed by atoms with van der Waals surface area (Å²) in [4.78, 5) is 0. The zero-order valence-corrected chi connectivity index (χ0v) is 8.92. The van der Waals surface area contributed by atoms with Crippen LogP contribution in [0, 0.1) is 11.8 Å². The molecule has 0 amide bonds. The maximum Gasteiger partial charge on any atom is 0.0434 e. The summed E-state index contributed by atoms with van der Waals surface area (Å²) in [5.74, 6) is 1.34. The predicted octanol–water partition coefficient (Wildman–Crippen LogP) is 1.78. The molecule has 0 spiro atoms. The van der Waals surface area contributed by atoms with Gasteiger partial charge < -0.3 is 10.4 Å². The molecule has 1 rings (SSSR count). The van der Waals surface area contributed by atoms with Crippen molar-refractivity contribution in [3.8, 4) is 0 Å². The lowest BCUT2D eigenvalue weighted by Crippen LogP contribution is -2.42. The van der Waals surface area contributed by atoms with E-state index in [1.165, 1.54) is 25.8 Å². The molecule has 1 heterocycles. The van der Waals surface area contributed by atoms with Crippen molar-refractivity contribution in [1.82, 2.24) is 5.32 Å². The summed E-state index contributed by atoms with van der Waals surface area (Å²) in [7, 11) is 0. The van der Waals surface area contributed by atoms with E-state index in [0.717, 1.165) is 6.42 Å². The first-order valence-corrected chi connectivity index (χ1v) is 5.60. The number of nitrogens with one attached hydrogen (secondary N) is 1. The van der Waals surface area contributed by atoms with Crippen LogP contribution in [0.15, 0.2) is 0 Å². The van der Waals surface area contributed by atoms with Gasteiger partial charge in [0.1, 0.15) is 0 Å². The summed E-state index contributed by atoms with van der Waals surface area (Å²) in [5, 5.41) is 12.6. The monoisotopic (exact) mass is 185 g/mol. The van der Waals surface area contributed by atoms with Gasteiger partial charge in [-0.15, -0.1) is 0 Å².